The Bertz CT molecular complexity index is 1240. The predicted molar refractivity (Wildman–Crippen MR) is 106 cm³/mol. The molecule has 4 aromatic rings. The Kier molecular flexibility index (Phi) is 3.87. The first-order valence-electron chi connectivity index (χ1n) is 8.82. The number of thioether (sulfide) groups is 1. The van der Waals surface area contributed by atoms with Crippen LogP contribution in [0.4, 0.5) is 5.69 Å². The van der Waals surface area contributed by atoms with E-state index in [1.807, 2.05) is 49.4 Å². The summed E-state index contributed by atoms with van der Waals surface area (Å²) in [7, 11) is 0. The topological polar surface area (TPSA) is 80.5 Å². The summed E-state index contributed by atoms with van der Waals surface area (Å²) >= 11 is 1.26. The van der Waals surface area contributed by atoms with Gasteiger partial charge in [-0.2, -0.15) is 4.52 Å². The van der Waals surface area contributed by atoms with Crippen LogP contribution in [0.2, 0.25) is 0 Å². The molecule has 2 aromatic heterocycles. The van der Waals surface area contributed by atoms with Crippen molar-refractivity contribution in [3.05, 3.63) is 60.4 Å². The molecule has 1 aliphatic heterocycles. The molecule has 7 nitrogen and oxygen atoms in total. The van der Waals surface area contributed by atoms with Gasteiger partial charge in [-0.3, -0.25) is 9.59 Å². The van der Waals surface area contributed by atoms with Gasteiger partial charge in [0, 0.05) is 11.8 Å². The van der Waals surface area contributed by atoms with E-state index in [0.717, 1.165) is 10.9 Å². The number of hydrogen-bond donors (Lipinski definition) is 0. The summed E-state index contributed by atoms with van der Waals surface area (Å²) in [5.41, 5.74) is 2.07. The van der Waals surface area contributed by atoms with Crippen molar-refractivity contribution in [1.82, 2.24) is 19.6 Å². The average Bonchev–Trinajstić information content (AvgIpc) is 3.22. The van der Waals surface area contributed by atoms with Gasteiger partial charge in [-0.1, -0.05) is 42.1 Å². The number of hydrogen-bond acceptors (Lipinski definition) is 6. The molecule has 1 saturated heterocycles. The molecule has 3 heterocycles. The van der Waals surface area contributed by atoms with Gasteiger partial charge in [-0.15, -0.1) is 5.10 Å². The maximum atomic E-state index is 12.9. The molecule has 28 heavy (non-hydrogen) atoms. The maximum Gasteiger partial charge on any atom is 0.247 e. The molecule has 1 fully saturated rings. The van der Waals surface area contributed by atoms with Gasteiger partial charge in [0.25, 0.3) is 0 Å². The summed E-state index contributed by atoms with van der Waals surface area (Å²) in [5.74, 6) is 0.182. The highest BCUT2D eigenvalue weighted by atomic mass is 32.2. The van der Waals surface area contributed by atoms with Crippen LogP contribution in [0.1, 0.15) is 12.2 Å². The summed E-state index contributed by atoms with van der Waals surface area (Å²) in [6, 6.07) is 16.7. The minimum atomic E-state index is -0.547. The molecule has 1 aliphatic rings. The van der Waals surface area contributed by atoms with Crippen molar-refractivity contribution in [1.29, 1.82) is 0 Å². The maximum absolute atomic E-state index is 12.9. The summed E-state index contributed by atoms with van der Waals surface area (Å²) in [4.78, 5) is 35.9. The van der Waals surface area contributed by atoms with Gasteiger partial charge in [0.2, 0.25) is 11.8 Å². The highest BCUT2D eigenvalue weighted by Gasteiger charge is 2.40. The van der Waals surface area contributed by atoms with Crippen molar-refractivity contribution >= 4 is 45.8 Å². The number of fused-ring (bicyclic) bond motifs is 3. The minimum Gasteiger partial charge on any atom is -0.274 e. The quantitative estimate of drug-likeness (QED) is 0.396. The molecule has 0 bridgehead atoms. The number of rotatable bonds is 3. The molecular weight excluding hydrogens is 374 g/mol. The standard InChI is InChI=1S/C20H15N5O2S/c1-12-21-18-14-9-5-6-10-15(14)22-20(25(18)23-12)28-16-11-17(26)24(19(16)27)13-7-3-2-4-8-13/h2-10,16H,11H2,1H3/t16-/m0/s1. The zero-order valence-corrected chi connectivity index (χ0v) is 15.8. The van der Waals surface area contributed by atoms with Crippen molar-refractivity contribution in [2.24, 2.45) is 0 Å². The second-order valence-electron chi connectivity index (χ2n) is 6.52. The van der Waals surface area contributed by atoms with Gasteiger partial charge in [-0.05, 0) is 31.2 Å². The molecule has 2 aromatic carbocycles. The van der Waals surface area contributed by atoms with Gasteiger partial charge in [-0.25, -0.2) is 14.9 Å². The van der Waals surface area contributed by atoms with E-state index in [-0.39, 0.29) is 18.2 Å². The molecule has 5 rings (SSSR count). The fraction of sp³-hybridized carbons (Fsp3) is 0.150. The molecule has 138 valence electrons. The zero-order chi connectivity index (χ0) is 19.3. The number of carbonyl (C=O) groups is 2. The number of benzene rings is 2. The highest BCUT2D eigenvalue weighted by molar-refractivity contribution is 8.00. The summed E-state index contributed by atoms with van der Waals surface area (Å²) < 4.78 is 1.66. The summed E-state index contributed by atoms with van der Waals surface area (Å²) in [5, 5.41) is 5.34. The predicted octanol–water partition coefficient (Wildman–Crippen LogP) is 3.01. The lowest BCUT2D eigenvalue weighted by atomic mass is 10.2. The first kappa shape index (κ1) is 16.9. The lowest BCUT2D eigenvalue weighted by molar-refractivity contribution is -0.121. The van der Waals surface area contributed by atoms with Crippen LogP contribution in [-0.2, 0) is 9.59 Å². The number of para-hydroxylation sites is 2. The third-order valence-electron chi connectivity index (χ3n) is 4.62. The second kappa shape index (κ2) is 6.42. The van der Waals surface area contributed by atoms with E-state index in [1.165, 1.54) is 16.7 Å². The van der Waals surface area contributed by atoms with E-state index in [4.69, 9.17) is 0 Å². The van der Waals surface area contributed by atoms with Crippen LogP contribution in [0.3, 0.4) is 0 Å². The molecular formula is C20H15N5O2S. The van der Waals surface area contributed by atoms with E-state index < -0.39 is 5.25 Å². The summed E-state index contributed by atoms with van der Waals surface area (Å²) in [6.45, 7) is 1.82. The van der Waals surface area contributed by atoms with Gasteiger partial charge in [0.05, 0.1) is 11.2 Å². The number of amides is 2. The van der Waals surface area contributed by atoms with Crippen LogP contribution < -0.4 is 4.90 Å². The molecule has 0 radical (unpaired) electrons. The number of carbonyl (C=O) groups excluding carboxylic acids is 2. The smallest absolute Gasteiger partial charge is 0.247 e. The molecule has 8 heteroatoms. The molecule has 2 amide bonds. The zero-order valence-electron chi connectivity index (χ0n) is 14.9. The Labute approximate surface area is 164 Å². The van der Waals surface area contributed by atoms with Crippen molar-refractivity contribution in [2.45, 2.75) is 23.8 Å². The highest BCUT2D eigenvalue weighted by Crippen LogP contribution is 2.34. The molecule has 0 unspecified atom stereocenters. The van der Waals surface area contributed by atoms with Crippen molar-refractivity contribution in [3.8, 4) is 0 Å². The number of anilines is 1. The van der Waals surface area contributed by atoms with E-state index in [9.17, 15) is 9.59 Å². The van der Waals surface area contributed by atoms with Gasteiger partial charge < -0.3 is 0 Å². The monoisotopic (exact) mass is 389 g/mol. The Hall–Kier alpha value is -3.26. The van der Waals surface area contributed by atoms with Gasteiger partial charge in [0.15, 0.2) is 10.8 Å². The Morgan fingerprint density at radius 2 is 1.75 bits per heavy atom. The van der Waals surface area contributed by atoms with Crippen molar-refractivity contribution in [2.75, 3.05) is 4.90 Å². The molecule has 0 spiro atoms. The molecule has 0 N–H and O–H groups in total. The Morgan fingerprint density at radius 3 is 2.57 bits per heavy atom. The van der Waals surface area contributed by atoms with Crippen LogP contribution in [0.15, 0.2) is 59.8 Å². The summed E-state index contributed by atoms with van der Waals surface area (Å²) in [6.07, 6.45) is 0.127. The lowest BCUT2D eigenvalue weighted by Gasteiger charge is -2.14. The van der Waals surface area contributed by atoms with E-state index in [1.54, 1.807) is 16.6 Å². The molecule has 0 aliphatic carbocycles. The number of aryl methyl sites for hydroxylation is 1. The third-order valence-corrected chi connectivity index (χ3v) is 5.75. The third kappa shape index (κ3) is 2.65. The van der Waals surface area contributed by atoms with E-state index in [2.05, 4.69) is 15.1 Å². The minimum absolute atomic E-state index is 0.127. The fourth-order valence-corrected chi connectivity index (χ4v) is 4.45. The van der Waals surface area contributed by atoms with Crippen molar-refractivity contribution < 1.29 is 9.59 Å². The lowest BCUT2D eigenvalue weighted by Crippen LogP contribution is -2.31. The first-order chi connectivity index (χ1) is 13.6. The van der Waals surface area contributed by atoms with Crippen molar-refractivity contribution in [3.63, 3.8) is 0 Å². The SMILES string of the molecule is Cc1nc2c3ccccc3nc(S[C@H]3CC(=O)N(c4ccccc4)C3=O)n2n1. The van der Waals surface area contributed by atoms with Crippen LogP contribution in [0.25, 0.3) is 16.6 Å². The van der Waals surface area contributed by atoms with Crippen LogP contribution in [0.5, 0.6) is 0 Å². The number of imide groups is 1. The van der Waals surface area contributed by atoms with Crippen LogP contribution in [0, 0.1) is 6.92 Å². The molecule has 0 saturated carbocycles. The van der Waals surface area contributed by atoms with Gasteiger partial charge >= 0.3 is 0 Å². The van der Waals surface area contributed by atoms with E-state index in [0.29, 0.717) is 22.3 Å². The first-order valence-corrected chi connectivity index (χ1v) is 9.70. The Balaban J connectivity index is 1.55. The Morgan fingerprint density at radius 1 is 1.00 bits per heavy atom. The van der Waals surface area contributed by atoms with Gasteiger partial charge in [0.1, 0.15) is 11.1 Å². The van der Waals surface area contributed by atoms with E-state index >= 15 is 0 Å². The number of aromatic nitrogens is 4. The van der Waals surface area contributed by atoms with Crippen LogP contribution >= 0.6 is 11.8 Å². The van der Waals surface area contributed by atoms with Crippen LogP contribution in [-0.4, -0.2) is 36.6 Å². The largest absolute Gasteiger partial charge is 0.274 e. The fourth-order valence-electron chi connectivity index (χ4n) is 3.38. The molecule has 1 atom stereocenters. The normalized spacial score (nSPS) is 17.2. The second-order valence-corrected chi connectivity index (χ2v) is 7.69. The average molecular weight is 389 g/mol. The number of nitrogens with zero attached hydrogens (tertiary/aromatic N) is 5.